The Morgan fingerprint density at radius 3 is 2.91 bits per heavy atom. The average molecular weight is 459 g/mol. The molecule has 4 aromatic rings. The number of aliphatic hydroxyl groups is 1. The number of H-pyrrole nitrogens is 1. The topological polar surface area (TPSA) is 90.8 Å². The van der Waals surface area contributed by atoms with Gasteiger partial charge in [0.25, 0.3) is 0 Å². The zero-order chi connectivity index (χ0) is 23.2. The van der Waals surface area contributed by atoms with Crippen molar-refractivity contribution in [3.05, 3.63) is 84.1 Å². The highest BCUT2D eigenvalue weighted by atomic mass is 16.3. The summed E-state index contributed by atoms with van der Waals surface area (Å²) in [6, 6.07) is 17.3. The van der Waals surface area contributed by atoms with Gasteiger partial charge in [0.2, 0.25) is 0 Å². The van der Waals surface area contributed by atoms with Gasteiger partial charge in [-0.2, -0.15) is 5.10 Å². The molecule has 3 atom stereocenters. The van der Waals surface area contributed by atoms with E-state index in [-0.39, 0.29) is 12.6 Å². The van der Waals surface area contributed by atoms with Crippen molar-refractivity contribution < 1.29 is 5.11 Å². The molecule has 1 fully saturated rings. The van der Waals surface area contributed by atoms with Crippen molar-refractivity contribution in [1.29, 1.82) is 0 Å². The molecule has 178 valence electrons. The van der Waals surface area contributed by atoms with Gasteiger partial charge in [0, 0.05) is 23.1 Å². The van der Waals surface area contributed by atoms with Crippen molar-refractivity contribution in [3.8, 4) is 0 Å². The fourth-order valence-corrected chi connectivity index (χ4v) is 5.23. The van der Waals surface area contributed by atoms with Crippen LogP contribution in [0.5, 0.6) is 0 Å². The smallest absolute Gasteiger partial charge is 0.137 e. The van der Waals surface area contributed by atoms with Gasteiger partial charge in [-0.05, 0) is 73.5 Å². The Bertz CT molecular complexity index is 1160. The zero-order valence-electron chi connectivity index (χ0n) is 19.5. The minimum Gasteiger partial charge on any atom is -0.394 e. The molecule has 7 heteroatoms. The average Bonchev–Trinajstić information content (AvgIpc) is 3.54. The third-order valence-corrected chi connectivity index (χ3v) is 7.07. The molecule has 2 unspecified atom stereocenters. The van der Waals surface area contributed by atoms with Gasteiger partial charge in [-0.1, -0.05) is 36.4 Å². The number of rotatable bonds is 10. The lowest BCUT2D eigenvalue weighted by atomic mass is 9.87. The first-order valence-corrected chi connectivity index (χ1v) is 12.3. The second kappa shape index (κ2) is 11.0. The highest BCUT2D eigenvalue weighted by Crippen LogP contribution is 2.25. The summed E-state index contributed by atoms with van der Waals surface area (Å²) in [5.74, 6) is 0.555. The molecule has 2 aromatic heterocycles. The Morgan fingerprint density at radius 1 is 1.18 bits per heavy atom. The Hall–Kier alpha value is -3.00. The van der Waals surface area contributed by atoms with Crippen LogP contribution >= 0.6 is 0 Å². The van der Waals surface area contributed by atoms with Gasteiger partial charge in [-0.15, -0.1) is 0 Å². The summed E-state index contributed by atoms with van der Waals surface area (Å²) in [6.45, 7) is 2.90. The molecule has 0 bridgehead atoms. The number of aromatic amines is 1. The number of fused-ring (bicyclic) bond motifs is 1. The molecule has 4 N–H and O–H groups in total. The lowest BCUT2D eigenvalue weighted by molar-refractivity contribution is 0.191. The highest BCUT2D eigenvalue weighted by Gasteiger charge is 2.27. The Balaban J connectivity index is 1.21. The molecule has 0 aliphatic carbocycles. The number of hydrogen-bond donors (Lipinski definition) is 4. The minimum atomic E-state index is -0.0103. The molecule has 0 amide bonds. The van der Waals surface area contributed by atoms with Crippen LogP contribution in [0.2, 0.25) is 0 Å². The number of aromatic nitrogens is 4. The van der Waals surface area contributed by atoms with Crippen molar-refractivity contribution in [1.82, 2.24) is 30.4 Å². The number of nitrogens with one attached hydrogen (secondary N) is 3. The fraction of sp³-hybridized carbons (Fsp3) is 0.407. The van der Waals surface area contributed by atoms with Crippen LogP contribution in [-0.2, 0) is 13.0 Å². The van der Waals surface area contributed by atoms with Crippen molar-refractivity contribution in [2.24, 2.45) is 5.92 Å². The summed E-state index contributed by atoms with van der Waals surface area (Å²) in [5.41, 5.74) is 4.95. The summed E-state index contributed by atoms with van der Waals surface area (Å²) in [4.78, 5) is 7.48. The molecule has 0 spiro atoms. The van der Waals surface area contributed by atoms with E-state index in [1.165, 1.54) is 22.0 Å². The number of benzene rings is 2. The molecule has 1 aliphatic rings. The monoisotopic (exact) mass is 458 g/mol. The molecule has 3 heterocycles. The molecule has 1 saturated heterocycles. The van der Waals surface area contributed by atoms with Gasteiger partial charge in [0.15, 0.2) is 0 Å². The zero-order valence-corrected chi connectivity index (χ0v) is 19.5. The molecular formula is C27H34N6O. The third kappa shape index (κ3) is 5.38. The SMILES string of the molecule is OCC(N[C@@H]1CCNCC1CCCc1c[nH]c2ccc(Cn3cncn3)cc12)c1ccccc1. The first-order chi connectivity index (χ1) is 16.8. The van der Waals surface area contributed by atoms with Crippen LogP contribution in [0.15, 0.2) is 67.4 Å². The second-order valence-corrected chi connectivity index (χ2v) is 9.35. The highest BCUT2D eigenvalue weighted by molar-refractivity contribution is 5.83. The van der Waals surface area contributed by atoms with Crippen molar-refractivity contribution in [2.75, 3.05) is 19.7 Å². The normalized spacial score (nSPS) is 19.4. The van der Waals surface area contributed by atoms with E-state index in [2.05, 4.69) is 62.2 Å². The summed E-state index contributed by atoms with van der Waals surface area (Å²) < 4.78 is 1.85. The van der Waals surface area contributed by atoms with E-state index in [4.69, 9.17) is 0 Å². The molecular weight excluding hydrogens is 424 g/mol. The van der Waals surface area contributed by atoms with E-state index >= 15 is 0 Å². The van der Waals surface area contributed by atoms with Gasteiger partial charge in [0.1, 0.15) is 12.7 Å². The molecule has 7 nitrogen and oxygen atoms in total. The molecule has 5 rings (SSSR count). The summed E-state index contributed by atoms with van der Waals surface area (Å²) in [6.07, 6.45) is 9.93. The van der Waals surface area contributed by atoms with E-state index in [1.54, 1.807) is 12.7 Å². The van der Waals surface area contributed by atoms with Gasteiger partial charge >= 0.3 is 0 Å². The van der Waals surface area contributed by atoms with Gasteiger partial charge in [-0.3, -0.25) is 0 Å². The maximum absolute atomic E-state index is 10.0. The molecule has 0 saturated carbocycles. The first kappa shape index (κ1) is 22.8. The Morgan fingerprint density at radius 2 is 2.09 bits per heavy atom. The van der Waals surface area contributed by atoms with Crippen molar-refractivity contribution in [2.45, 2.75) is 44.3 Å². The van der Waals surface area contributed by atoms with Crippen molar-refractivity contribution >= 4 is 10.9 Å². The van der Waals surface area contributed by atoms with E-state index in [0.717, 1.165) is 50.9 Å². The first-order valence-electron chi connectivity index (χ1n) is 12.3. The number of aliphatic hydroxyl groups excluding tert-OH is 1. The predicted octanol–water partition coefficient (Wildman–Crippen LogP) is 3.43. The molecule has 0 radical (unpaired) electrons. The van der Waals surface area contributed by atoms with E-state index in [0.29, 0.717) is 12.0 Å². The maximum atomic E-state index is 10.0. The Kier molecular flexibility index (Phi) is 7.34. The summed E-state index contributed by atoms with van der Waals surface area (Å²) in [5, 5.41) is 22.9. The standard InChI is InChI=1S/C27H34N6O/c34-17-27(21-5-2-1-3-6-21)32-25-11-12-28-14-23(25)8-4-7-22-15-30-26-10-9-20(13-24(22)26)16-33-19-29-18-31-33/h1-3,5-6,9-10,13,15,18-19,23,25,27-28,30,32,34H,4,7-8,11-12,14,16-17H2/t23?,25-,27?/m1/s1. The van der Waals surface area contributed by atoms with E-state index in [1.807, 2.05) is 22.9 Å². The minimum absolute atomic E-state index is 0.0103. The number of hydrogen-bond acceptors (Lipinski definition) is 5. The van der Waals surface area contributed by atoms with Crippen LogP contribution < -0.4 is 10.6 Å². The Labute approximate surface area is 200 Å². The summed E-state index contributed by atoms with van der Waals surface area (Å²) in [7, 11) is 0. The molecule has 2 aromatic carbocycles. The molecule has 34 heavy (non-hydrogen) atoms. The van der Waals surface area contributed by atoms with Crippen molar-refractivity contribution in [3.63, 3.8) is 0 Å². The van der Waals surface area contributed by atoms with Gasteiger partial charge in [0.05, 0.1) is 19.2 Å². The molecule has 1 aliphatic heterocycles. The van der Waals surface area contributed by atoms with Crippen LogP contribution in [0, 0.1) is 5.92 Å². The number of aryl methyl sites for hydroxylation is 1. The summed E-state index contributed by atoms with van der Waals surface area (Å²) >= 11 is 0. The fourth-order valence-electron chi connectivity index (χ4n) is 5.23. The van der Waals surface area contributed by atoms with Crippen LogP contribution in [0.1, 0.15) is 42.0 Å². The van der Waals surface area contributed by atoms with Crippen LogP contribution in [0.3, 0.4) is 0 Å². The van der Waals surface area contributed by atoms with Crippen LogP contribution in [0.25, 0.3) is 10.9 Å². The number of piperidine rings is 1. The maximum Gasteiger partial charge on any atom is 0.137 e. The lowest BCUT2D eigenvalue weighted by Crippen LogP contribution is -2.49. The third-order valence-electron chi connectivity index (χ3n) is 7.07. The largest absolute Gasteiger partial charge is 0.394 e. The second-order valence-electron chi connectivity index (χ2n) is 9.35. The quantitative estimate of drug-likeness (QED) is 0.292. The van der Waals surface area contributed by atoms with E-state index < -0.39 is 0 Å². The van der Waals surface area contributed by atoms with E-state index in [9.17, 15) is 5.11 Å². The predicted molar refractivity (Wildman–Crippen MR) is 135 cm³/mol. The van der Waals surface area contributed by atoms with Gasteiger partial charge in [-0.25, -0.2) is 9.67 Å². The number of nitrogens with zero attached hydrogens (tertiary/aromatic N) is 3. The van der Waals surface area contributed by atoms with Crippen LogP contribution in [-0.4, -0.2) is 50.6 Å². The lowest BCUT2D eigenvalue weighted by Gasteiger charge is -2.35. The van der Waals surface area contributed by atoms with Crippen LogP contribution in [0.4, 0.5) is 0 Å². The van der Waals surface area contributed by atoms with Gasteiger partial charge < -0.3 is 20.7 Å².